The standard InChI is InChI=1S/C16H19N5O/c1-10-18-15(11-7-17-20(2)8-11)13-6-12-4-3-5-14(16(13)19-10)21(12)9-22/h7-9,12,14H,3-6H2,1-2H3/t12-,14+/m0/s1. The van der Waals surface area contributed by atoms with Crippen molar-refractivity contribution in [2.24, 2.45) is 7.05 Å². The number of carbonyl (C=O) groups excluding carboxylic acids is 1. The molecule has 1 amide bonds. The zero-order valence-electron chi connectivity index (χ0n) is 12.9. The summed E-state index contributed by atoms with van der Waals surface area (Å²) in [5.41, 5.74) is 4.25. The zero-order chi connectivity index (χ0) is 15.3. The van der Waals surface area contributed by atoms with Crippen LogP contribution in [0.4, 0.5) is 0 Å². The van der Waals surface area contributed by atoms with Gasteiger partial charge in [-0.05, 0) is 32.6 Å². The molecule has 2 aliphatic rings. The molecule has 4 heterocycles. The van der Waals surface area contributed by atoms with Crippen LogP contribution in [0.5, 0.6) is 0 Å². The lowest BCUT2D eigenvalue weighted by Crippen LogP contribution is -2.46. The number of rotatable bonds is 2. The first-order chi connectivity index (χ1) is 10.7. The van der Waals surface area contributed by atoms with E-state index in [2.05, 4.69) is 15.1 Å². The minimum Gasteiger partial charge on any atom is -0.333 e. The molecule has 6 nitrogen and oxygen atoms in total. The van der Waals surface area contributed by atoms with Gasteiger partial charge in [-0.3, -0.25) is 9.48 Å². The molecular weight excluding hydrogens is 278 g/mol. The van der Waals surface area contributed by atoms with E-state index in [9.17, 15) is 4.79 Å². The summed E-state index contributed by atoms with van der Waals surface area (Å²) >= 11 is 0. The molecule has 22 heavy (non-hydrogen) atoms. The van der Waals surface area contributed by atoms with Crippen molar-refractivity contribution >= 4 is 6.41 Å². The van der Waals surface area contributed by atoms with E-state index in [1.165, 1.54) is 5.56 Å². The molecule has 2 aromatic rings. The van der Waals surface area contributed by atoms with E-state index in [1.54, 1.807) is 4.68 Å². The minimum absolute atomic E-state index is 0.108. The van der Waals surface area contributed by atoms with Crippen molar-refractivity contribution in [1.82, 2.24) is 24.6 Å². The average Bonchev–Trinajstić information content (AvgIpc) is 2.93. The number of piperidine rings is 1. The molecule has 1 fully saturated rings. The first-order valence-corrected chi connectivity index (χ1v) is 7.76. The predicted octanol–water partition coefficient (Wildman–Crippen LogP) is 1.79. The largest absolute Gasteiger partial charge is 0.333 e. The lowest BCUT2D eigenvalue weighted by molar-refractivity contribution is -0.125. The molecule has 0 aliphatic carbocycles. The highest BCUT2D eigenvalue weighted by molar-refractivity contribution is 5.64. The van der Waals surface area contributed by atoms with Gasteiger partial charge in [-0.25, -0.2) is 9.97 Å². The Kier molecular flexibility index (Phi) is 2.99. The predicted molar refractivity (Wildman–Crippen MR) is 81.0 cm³/mol. The molecule has 2 aromatic heterocycles. The highest BCUT2D eigenvalue weighted by Gasteiger charge is 2.39. The smallest absolute Gasteiger partial charge is 0.210 e. The fourth-order valence-corrected chi connectivity index (χ4v) is 3.86. The van der Waals surface area contributed by atoms with E-state index in [-0.39, 0.29) is 12.1 Å². The van der Waals surface area contributed by atoms with Crippen LogP contribution >= 0.6 is 0 Å². The van der Waals surface area contributed by atoms with Crippen LogP contribution in [0.25, 0.3) is 11.3 Å². The van der Waals surface area contributed by atoms with Crippen molar-refractivity contribution in [2.75, 3.05) is 0 Å². The Morgan fingerprint density at radius 2 is 2.18 bits per heavy atom. The van der Waals surface area contributed by atoms with Gasteiger partial charge in [0.25, 0.3) is 0 Å². The van der Waals surface area contributed by atoms with Crippen LogP contribution in [0.1, 0.15) is 42.4 Å². The van der Waals surface area contributed by atoms with E-state index in [0.717, 1.165) is 54.9 Å². The molecule has 0 spiro atoms. The van der Waals surface area contributed by atoms with Crippen LogP contribution in [0.15, 0.2) is 12.4 Å². The van der Waals surface area contributed by atoms with E-state index in [4.69, 9.17) is 0 Å². The van der Waals surface area contributed by atoms with Gasteiger partial charge in [0.15, 0.2) is 0 Å². The first kappa shape index (κ1) is 13.4. The molecule has 2 bridgehead atoms. The Morgan fingerprint density at radius 1 is 1.32 bits per heavy atom. The topological polar surface area (TPSA) is 63.9 Å². The van der Waals surface area contributed by atoms with Gasteiger partial charge in [0.2, 0.25) is 6.41 Å². The molecule has 0 radical (unpaired) electrons. The molecule has 0 unspecified atom stereocenters. The summed E-state index contributed by atoms with van der Waals surface area (Å²) in [7, 11) is 1.91. The number of amides is 1. The number of hydrogen-bond donors (Lipinski definition) is 0. The molecule has 4 rings (SSSR count). The van der Waals surface area contributed by atoms with Gasteiger partial charge in [0, 0.05) is 30.4 Å². The van der Waals surface area contributed by atoms with Crippen LogP contribution < -0.4 is 0 Å². The fourth-order valence-electron chi connectivity index (χ4n) is 3.86. The summed E-state index contributed by atoms with van der Waals surface area (Å²) < 4.78 is 1.79. The second kappa shape index (κ2) is 4.90. The maximum atomic E-state index is 11.5. The van der Waals surface area contributed by atoms with E-state index in [1.807, 2.05) is 31.3 Å². The second-order valence-corrected chi connectivity index (χ2v) is 6.24. The Labute approximate surface area is 129 Å². The van der Waals surface area contributed by atoms with E-state index < -0.39 is 0 Å². The highest BCUT2D eigenvalue weighted by atomic mass is 16.1. The number of fused-ring (bicyclic) bond motifs is 4. The number of hydrogen-bond acceptors (Lipinski definition) is 4. The Morgan fingerprint density at radius 3 is 2.91 bits per heavy atom. The van der Waals surface area contributed by atoms with Gasteiger partial charge < -0.3 is 4.90 Å². The molecule has 0 saturated carbocycles. The molecule has 2 atom stereocenters. The molecule has 1 saturated heterocycles. The third kappa shape index (κ3) is 1.94. The van der Waals surface area contributed by atoms with Gasteiger partial charge in [0.05, 0.1) is 23.6 Å². The zero-order valence-corrected chi connectivity index (χ0v) is 12.9. The first-order valence-electron chi connectivity index (χ1n) is 7.76. The minimum atomic E-state index is 0.108. The number of aryl methyl sites for hydroxylation is 2. The maximum Gasteiger partial charge on any atom is 0.210 e. The van der Waals surface area contributed by atoms with Gasteiger partial charge in [-0.1, -0.05) is 0 Å². The van der Waals surface area contributed by atoms with E-state index >= 15 is 0 Å². The lowest BCUT2D eigenvalue weighted by atomic mass is 9.82. The Bertz CT molecular complexity index is 738. The second-order valence-electron chi connectivity index (χ2n) is 6.24. The molecule has 6 heteroatoms. The van der Waals surface area contributed by atoms with Crippen LogP contribution in [-0.2, 0) is 18.3 Å². The monoisotopic (exact) mass is 297 g/mol. The average molecular weight is 297 g/mol. The van der Waals surface area contributed by atoms with Crippen LogP contribution in [0, 0.1) is 6.92 Å². The maximum absolute atomic E-state index is 11.5. The van der Waals surface area contributed by atoms with Gasteiger partial charge in [-0.15, -0.1) is 0 Å². The van der Waals surface area contributed by atoms with Crippen LogP contribution in [-0.4, -0.2) is 37.1 Å². The Balaban J connectivity index is 1.90. The summed E-state index contributed by atoms with van der Waals surface area (Å²) in [6.45, 7) is 1.92. The van der Waals surface area contributed by atoms with Crippen molar-refractivity contribution in [2.45, 2.75) is 44.7 Å². The summed E-state index contributed by atoms with van der Waals surface area (Å²) in [6, 6.07) is 0.391. The number of aromatic nitrogens is 4. The van der Waals surface area contributed by atoms with Gasteiger partial charge >= 0.3 is 0 Å². The molecule has 0 aromatic carbocycles. The lowest BCUT2D eigenvalue weighted by Gasteiger charge is -2.44. The van der Waals surface area contributed by atoms with Crippen molar-refractivity contribution < 1.29 is 4.79 Å². The fraction of sp³-hybridized carbons (Fsp3) is 0.500. The molecule has 2 aliphatic heterocycles. The quantitative estimate of drug-likeness (QED) is 0.793. The molecule has 0 N–H and O–H groups in total. The SMILES string of the molecule is Cc1nc(-c2cnn(C)c2)c2c(n1)[C@H]1CCC[C@@H](C2)N1C=O. The highest BCUT2D eigenvalue weighted by Crippen LogP contribution is 2.42. The normalized spacial score (nSPS) is 23.3. The summed E-state index contributed by atoms with van der Waals surface area (Å²) in [5, 5.41) is 4.26. The summed E-state index contributed by atoms with van der Waals surface area (Å²) in [4.78, 5) is 22.8. The molecule has 114 valence electrons. The number of carbonyl (C=O) groups is 1. The molecular formula is C16H19N5O. The Hall–Kier alpha value is -2.24. The third-order valence-electron chi connectivity index (χ3n) is 4.80. The van der Waals surface area contributed by atoms with Crippen LogP contribution in [0.3, 0.4) is 0 Å². The summed E-state index contributed by atoms with van der Waals surface area (Å²) in [5.74, 6) is 0.757. The van der Waals surface area contributed by atoms with E-state index in [0.29, 0.717) is 0 Å². The van der Waals surface area contributed by atoms with Crippen molar-refractivity contribution in [3.63, 3.8) is 0 Å². The number of nitrogens with zero attached hydrogens (tertiary/aromatic N) is 5. The third-order valence-corrected chi connectivity index (χ3v) is 4.80. The summed E-state index contributed by atoms with van der Waals surface area (Å²) in [6.07, 6.45) is 8.90. The van der Waals surface area contributed by atoms with Crippen molar-refractivity contribution in [3.8, 4) is 11.3 Å². The van der Waals surface area contributed by atoms with Crippen molar-refractivity contribution in [1.29, 1.82) is 0 Å². The van der Waals surface area contributed by atoms with Gasteiger partial charge in [0.1, 0.15) is 5.82 Å². The van der Waals surface area contributed by atoms with Gasteiger partial charge in [-0.2, -0.15) is 5.10 Å². The van der Waals surface area contributed by atoms with Crippen molar-refractivity contribution in [3.05, 3.63) is 29.5 Å². The van der Waals surface area contributed by atoms with Crippen LogP contribution in [0.2, 0.25) is 0 Å².